The van der Waals surface area contributed by atoms with Gasteiger partial charge in [0.05, 0.1) is 12.7 Å². The van der Waals surface area contributed by atoms with Crippen molar-refractivity contribution in [3.8, 4) is 0 Å². The Kier molecular flexibility index (Phi) is 8.40. The van der Waals surface area contributed by atoms with Crippen LogP contribution in [-0.4, -0.2) is 37.5 Å². The molecule has 3 heteroatoms. The monoisotopic (exact) mass is 189 g/mol. The minimum absolute atomic E-state index is 0.268. The van der Waals surface area contributed by atoms with Crippen LogP contribution in [0.3, 0.4) is 0 Å². The SMILES string of the molecule is CC(C)CCOCCNC[C@@H](C)O. The van der Waals surface area contributed by atoms with E-state index in [1.54, 1.807) is 6.92 Å². The van der Waals surface area contributed by atoms with Gasteiger partial charge in [0.2, 0.25) is 0 Å². The van der Waals surface area contributed by atoms with Crippen LogP contribution < -0.4 is 5.32 Å². The molecule has 2 N–H and O–H groups in total. The van der Waals surface area contributed by atoms with E-state index < -0.39 is 0 Å². The Balaban J connectivity index is 2.92. The minimum atomic E-state index is -0.268. The van der Waals surface area contributed by atoms with Gasteiger partial charge in [-0.3, -0.25) is 0 Å². The van der Waals surface area contributed by atoms with Gasteiger partial charge >= 0.3 is 0 Å². The molecule has 0 amide bonds. The molecule has 0 aromatic heterocycles. The zero-order valence-electron chi connectivity index (χ0n) is 9.05. The molecule has 0 unspecified atom stereocenters. The van der Waals surface area contributed by atoms with Crippen LogP contribution in [0.25, 0.3) is 0 Å². The molecule has 80 valence electrons. The Morgan fingerprint density at radius 2 is 1.92 bits per heavy atom. The quantitative estimate of drug-likeness (QED) is 0.560. The van der Waals surface area contributed by atoms with Crippen LogP contribution in [0.1, 0.15) is 27.2 Å². The standard InChI is InChI=1S/C10H23NO2/c1-9(2)4-6-13-7-5-11-8-10(3)12/h9-12H,4-8H2,1-3H3/t10-/m1/s1. The second-order valence-corrected chi connectivity index (χ2v) is 3.85. The molecule has 0 radical (unpaired) electrons. The van der Waals surface area contributed by atoms with E-state index in [2.05, 4.69) is 19.2 Å². The molecule has 1 atom stereocenters. The fraction of sp³-hybridized carbons (Fsp3) is 1.00. The molecule has 0 aliphatic heterocycles. The van der Waals surface area contributed by atoms with E-state index in [0.717, 1.165) is 26.2 Å². The van der Waals surface area contributed by atoms with Crippen molar-refractivity contribution >= 4 is 0 Å². The number of ether oxygens (including phenoxy) is 1. The average molecular weight is 189 g/mol. The van der Waals surface area contributed by atoms with E-state index in [0.29, 0.717) is 12.5 Å². The Morgan fingerprint density at radius 3 is 2.46 bits per heavy atom. The Bertz CT molecular complexity index is 93.1. The molecule has 0 aromatic carbocycles. The topological polar surface area (TPSA) is 41.5 Å². The van der Waals surface area contributed by atoms with Gasteiger partial charge in [0.25, 0.3) is 0 Å². The largest absolute Gasteiger partial charge is 0.392 e. The Labute approximate surface area is 81.5 Å². The first kappa shape index (κ1) is 12.9. The van der Waals surface area contributed by atoms with Crippen LogP contribution in [0.4, 0.5) is 0 Å². The van der Waals surface area contributed by atoms with Gasteiger partial charge in [-0.05, 0) is 19.3 Å². The van der Waals surface area contributed by atoms with Crippen molar-refractivity contribution in [2.45, 2.75) is 33.3 Å². The number of hydrogen-bond donors (Lipinski definition) is 2. The van der Waals surface area contributed by atoms with Crippen molar-refractivity contribution in [3.05, 3.63) is 0 Å². The third kappa shape index (κ3) is 11.9. The van der Waals surface area contributed by atoms with Gasteiger partial charge in [-0.2, -0.15) is 0 Å². The molecule has 0 aliphatic rings. The highest BCUT2D eigenvalue weighted by molar-refractivity contribution is 4.51. The molecule has 0 saturated carbocycles. The zero-order chi connectivity index (χ0) is 10.1. The van der Waals surface area contributed by atoms with E-state index in [1.165, 1.54) is 0 Å². The van der Waals surface area contributed by atoms with Gasteiger partial charge in [-0.15, -0.1) is 0 Å². The van der Waals surface area contributed by atoms with Gasteiger partial charge in [0.1, 0.15) is 0 Å². The maximum Gasteiger partial charge on any atom is 0.0636 e. The predicted molar refractivity (Wildman–Crippen MR) is 54.8 cm³/mol. The molecule has 0 aliphatic carbocycles. The third-order valence-electron chi connectivity index (χ3n) is 1.70. The second kappa shape index (κ2) is 8.48. The lowest BCUT2D eigenvalue weighted by Gasteiger charge is -2.08. The second-order valence-electron chi connectivity index (χ2n) is 3.85. The van der Waals surface area contributed by atoms with Gasteiger partial charge in [-0.25, -0.2) is 0 Å². The van der Waals surface area contributed by atoms with Gasteiger partial charge < -0.3 is 15.2 Å². The number of aliphatic hydroxyl groups is 1. The number of aliphatic hydroxyl groups excluding tert-OH is 1. The lowest BCUT2D eigenvalue weighted by molar-refractivity contribution is 0.121. The highest BCUT2D eigenvalue weighted by Gasteiger charge is 1.95. The summed E-state index contributed by atoms with van der Waals surface area (Å²) in [7, 11) is 0. The van der Waals surface area contributed by atoms with Gasteiger partial charge in [-0.1, -0.05) is 13.8 Å². The van der Waals surface area contributed by atoms with E-state index in [-0.39, 0.29) is 6.10 Å². The summed E-state index contributed by atoms with van der Waals surface area (Å²) < 4.78 is 5.38. The number of hydrogen-bond acceptors (Lipinski definition) is 3. The van der Waals surface area contributed by atoms with Crippen molar-refractivity contribution in [1.82, 2.24) is 5.32 Å². The van der Waals surface area contributed by atoms with Crippen molar-refractivity contribution in [1.29, 1.82) is 0 Å². The Hall–Kier alpha value is -0.120. The first-order valence-electron chi connectivity index (χ1n) is 5.09. The molecule has 13 heavy (non-hydrogen) atoms. The lowest BCUT2D eigenvalue weighted by Crippen LogP contribution is -2.27. The smallest absolute Gasteiger partial charge is 0.0636 e. The fourth-order valence-corrected chi connectivity index (χ4v) is 0.876. The molecule has 0 aromatic rings. The van der Waals surface area contributed by atoms with Crippen LogP contribution >= 0.6 is 0 Å². The third-order valence-corrected chi connectivity index (χ3v) is 1.70. The summed E-state index contributed by atoms with van der Waals surface area (Å²) in [6.45, 7) is 9.20. The fourth-order valence-electron chi connectivity index (χ4n) is 0.876. The van der Waals surface area contributed by atoms with Crippen molar-refractivity contribution in [2.75, 3.05) is 26.3 Å². The normalized spacial score (nSPS) is 13.6. The maximum atomic E-state index is 8.92. The molecule has 0 spiro atoms. The average Bonchev–Trinajstić information content (AvgIpc) is 2.01. The van der Waals surface area contributed by atoms with Crippen LogP contribution in [-0.2, 0) is 4.74 Å². The van der Waals surface area contributed by atoms with E-state index >= 15 is 0 Å². The molecule has 0 saturated heterocycles. The van der Waals surface area contributed by atoms with Crippen molar-refractivity contribution in [2.24, 2.45) is 5.92 Å². The number of nitrogens with one attached hydrogen (secondary N) is 1. The van der Waals surface area contributed by atoms with Gasteiger partial charge in [0.15, 0.2) is 0 Å². The molecule has 0 bridgehead atoms. The highest BCUT2D eigenvalue weighted by Crippen LogP contribution is 1.98. The lowest BCUT2D eigenvalue weighted by atomic mass is 10.1. The molecule has 3 nitrogen and oxygen atoms in total. The van der Waals surface area contributed by atoms with Crippen molar-refractivity contribution < 1.29 is 9.84 Å². The molecule has 0 fully saturated rings. The summed E-state index contributed by atoms with van der Waals surface area (Å²) in [5, 5.41) is 12.0. The van der Waals surface area contributed by atoms with E-state index in [4.69, 9.17) is 9.84 Å². The number of rotatable bonds is 8. The van der Waals surface area contributed by atoms with Gasteiger partial charge in [0, 0.05) is 19.7 Å². The van der Waals surface area contributed by atoms with Crippen molar-refractivity contribution in [3.63, 3.8) is 0 Å². The molecular weight excluding hydrogens is 166 g/mol. The summed E-state index contributed by atoms with van der Waals surface area (Å²) >= 11 is 0. The molecule has 0 rings (SSSR count). The van der Waals surface area contributed by atoms with E-state index in [1.807, 2.05) is 0 Å². The first-order chi connectivity index (χ1) is 6.13. The summed E-state index contributed by atoms with van der Waals surface area (Å²) in [5.41, 5.74) is 0. The summed E-state index contributed by atoms with van der Waals surface area (Å²) in [5.74, 6) is 0.713. The summed E-state index contributed by atoms with van der Waals surface area (Å²) in [4.78, 5) is 0. The predicted octanol–water partition coefficient (Wildman–Crippen LogP) is 1.02. The minimum Gasteiger partial charge on any atom is -0.392 e. The van der Waals surface area contributed by atoms with Crippen LogP contribution in [0.15, 0.2) is 0 Å². The highest BCUT2D eigenvalue weighted by atomic mass is 16.5. The van der Waals surface area contributed by atoms with Crippen LogP contribution in [0.2, 0.25) is 0 Å². The molecule has 0 heterocycles. The molecular formula is C10H23NO2. The summed E-state index contributed by atoms with van der Waals surface area (Å²) in [6.07, 6.45) is 0.854. The van der Waals surface area contributed by atoms with Crippen LogP contribution in [0.5, 0.6) is 0 Å². The maximum absolute atomic E-state index is 8.92. The van der Waals surface area contributed by atoms with E-state index in [9.17, 15) is 0 Å². The Morgan fingerprint density at radius 1 is 1.23 bits per heavy atom. The van der Waals surface area contributed by atoms with Crippen LogP contribution in [0, 0.1) is 5.92 Å². The summed E-state index contributed by atoms with van der Waals surface area (Å²) in [6, 6.07) is 0. The zero-order valence-corrected chi connectivity index (χ0v) is 9.05. The first-order valence-corrected chi connectivity index (χ1v) is 5.09.